The van der Waals surface area contributed by atoms with Gasteiger partial charge in [0.05, 0.1) is 0 Å². The Balaban J connectivity index is 1.43. The number of nitrogens with one attached hydrogen (secondary N) is 2. The van der Waals surface area contributed by atoms with E-state index in [2.05, 4.69) is 29.4 Å². The van der Waals surface area contributed by atoms with Crippen LogP contribution in [0.2, 0.25) is 0 Å². The number of fused-ring (bicyclic) bond motifs is 1. The molecule has 1 aliphatic carbocycles. The lowest BCUT2D eigenvalue weighted by Gasteiger charge is -2.32. The molecule has 1 amide bonds. The summed E-state index contributed by atoms with van der Waals surface area (Å²) in [5.74, 6) is 1.96. The molecule has 4 nitrogen and oxygen atoms in total. The Morgan fingerprint density at radius 3 is 2.76 bits per heavy atom. The van der Waals surface area contributed by atoms with E-state index in [9.17, 15) is 4.79 Å². The van der Waals surface area contributed by atoms with Crippen LogP contribution in [0.1, 0.15) is 46.0 Å². The van der Waals surface area contributed by atoms with Gasteiger partial charge in [-0.3, -0.25) is 4.79 Å². The maximum atomic E-state index is 12.4. The second-order valence-corrected chi connectivity index (χ2v) is 7.43. The predicted molar refractivity (Wildman–Crippen MR) is 85.1 cm³/mol. The lowest BCUT2D eigenvalue weighted by Crippen LogP contribution is -2.42. The van der Waals surface area contributed by atoms with Gasteiger partial charge in [0.2, 0.25) is 5.91 Å². The van der Waals surface area contributed by atoms with Crippen molar-refractivity contribution in [1.82, 2.24) is 15.5 Å². The lowest BCUT2D eigenvalue weighted by molar-refractivity contribution is -0.126. The summed E-state index contributed by atoms with van der Waals surface area (Å²) in [5.41, 5.74) is 0. The van der Waals surface area contributed by atoms with Gasteiger partial charge in [-0.2, -0.15) is 0 Å². The van der Waals surface area contributed by atoms with Crippen molar-refractivity contribution in [3.8, 4) is 0 Å². The summed E-state index contributed by atoms with van der Waals surface area (Å²) in [5, 5.41) is 6.89. The molecule has 3 fully saturated rings. The summed E-state index contributed by atoms with van der Waals surface area (Å²) in [7, 11) is 0. The fraction of sp³-hybridized carbons (Fsp3) is 0.941. The minimum atomic E-state index is 0.249. The summed E-state index contributed by atoms with van der Waals surface area (Å²) in [6, 6.07) is 1.26. The third-order valence-corrected chi connectivity index (χ3v) is 6.14. The highest BCUT2D eigenvalue weighted by Gasteiger charge is 2.43. The van der Waals surface area contributed by atoms with Crippen LogP contribution in [0.4, 0.5) is 0 Å². The van der Waals surface area contributed by atoms with Gasteiger partial charge in [-0.05, 0) is 64.0 Å². The fourth-order valence-electron chi connectivity index (χ4n) is 4.58. The Bertz CT molecular complexity index is 367. The summed E-state index contributed by atoms with van der Waals surface area (Å²) in [6.45, 7) is 8.91. The minimum Gasteiger partial charge on any atom is -0.355 e. The molecule has 2 aliphatic heterocycles. The molecule has 21 heavy (non-hydrogen) atoms. The van der Waals surface area contributed by atoms with Gasteiger partial charge in [-0.25, -0.2) is 0 Å². The Kier molecular flexibility index (Phi) is 4.85. The van der Waals surface area contributed by atoms with Crippen molar-refractivity contribution in [3.05, 3.63) is 0 Å². The summed E-state index contributed by atoms with van der Waals surface area (Å²) < 4.78 is 0. The molecule has 0 aromatic rings. The molecule has 2 saturated heterocycles. The highest BCUT2D eigenvalue weighted by atomic mass is 16.1. The van der Waals surface area contributed by atoms with Crippen LogP contribution in [0.3, 0.4) is 0 Å². The topological polar surface area (TPSA) is 44.4 Å². The number of nitrogens with zero attached hydrogens (tertiary/aromatic N) is 1. The van der Waals surface area contributed by atoms with E-state index in [0.717, 1.165) is 25.9 Å². The van der Waals surface area contributed by atoms with Crippen molar-refractivity contribution < 1.29 is 4.79 Å². The van der Waals surface area contributed by atoms with Crippen molar-refractivity contribution >= 4 is 5.91 Å². The standard InChI is InChI=1S/C17H31N3O/c1-12-13(2)19-16-6-5-14(11-15(12)16)17(21)18-7-10-20-8-3-4-9-20/h12-16,19H,3-11H2,1-2H3,(H,18,21). The Morgan fingerprint density at radius 2 is 2.00 bits per heavy atom. The smallest absolute Gasteiger partial charge is 0.223 e. The van der Waals surface area contributed by atoms with Gasteiger partial charge in [0.15, 0.2) is 0 Å². The van der Waals surface area contributed by atoms with Crippen molar-refractivity contribution in [2.45, 2.75) is 58.0 Å². The van der Waals surface area contributed by atoms with E-state index in [1.807, 2.05) is 0 Å². The van der Waals surface area contributed by atoms with Crippen LogP contribution in [0, 0.1) is 17.8 Å². The zero-order valence-electron chi connectivity index (χ0n) is 13.6. The first-order valence-corrected chi connectivity index (χ1v) is 8.91. The highest BCUT2D eigenvalue weighted by molar-refractivity contribution is 5.78. The lowest BCUT2D eigenvalue weighted by atomic mass is 9.74. The van der Waals surface area contributed by atoms with E-state index >= 15 is 0 Å². The van der Waals surface area contributed by atoms with Crippen LogP contribution in [0.25, 0.3) is 0 Å². The first-order chi connectivity index (χ1) is 10.1. The number of rotatable bonds is 4. The first kappa shape index (κ1) is 15.3. The number of hydrogen-bond acceptors (Lipinski definition) is 3. The quantitative estimate of drug-likeness (QED) is 0.828. The Morgan fingerprint density at radius 1 is 1.24 bits per heavy atom. The molecular formula is C17H31N3O. The van der Waals surface area contributed by atoms with Crippen LogP contribution in [0.5, 0.6) is 0 Å². The van der Waals surface area contributed by atoms with E-state index in [-0.39, 0.29) is 5.92 Å². The normalized spacial score (nSPS) is 40.2. The second-order valence-electron chi connectivity index (χ2n) is 7.43. The van der Waals surface area contributed by atoms with E-state index in [1.165, 1.54) is 32.4 Å². The third kappa shape index (κ3) is 3.42. The van der Waals surface area contributed by atoms with Gasteiger partial charge in [-0.1, -0.05) is 6.92 Å². The van der Waals surface area contributed by atoms with Gasteiger partial charge < -0.3 is 15.5 Å². The zero-order valence-corrected chi connectivity index (χ0v) is 13.6. The summed E-state index contributed by atoms with van der Waals surface area (Å²) >= 11 is 0. The summed E-state index contributed by atoms with van der Waals surface area (Å²) in [4.78, 5) is 14.9. The SMILES string of the molecule is CC1NC2CCC(C(=O)NCCN3CCCC3)CC2C1C. The molecule has 4 heteroatoms. The molecule has 2 heterocycles. The van der Waals surface area contributed by atoms with Crippen molar-refractivity contribution in [2.24, 2.45) is 17.8 Å². The zero-order chi connectivity index (χ0) is 14.8. The molecule has 120 valence electrons. The number of carbonyl (C=O) groups excluding carboxylic acids is 1. The van der Waals surface area contributed by atoms with Gasteiger partial charge in [0.1, 0.15) is 0 Å². The molecule has 0 aromatic carbocycles. The van der Waals surface area contributed by atoms with Crippen LogP contribution < -0.4 is 10.6 Å². The first-order valence-electron chi connectivity index (χ1n) is 8.91. The average Bonchev–Trinajstić information content (AvgIpc) is 3.08. The van der Waals surface area contributed by atoms with Crippen molar-refractivity contribution in [3.63, 3.8) is 0 Å². The van der Waals surface area contributed by atoms with Gasteiger partial charge in [0.25, 0.3) is 0 Å². The van der Waals surface area contributed by atoms with Crippen LogP contribution in [0.15, 0.2) is 0 Å². The molecule has 1 saturated carbocycles. The van der Waals surface area contributed by atoms with Gasteiger partial charge >= 0.3 is 0 Å². The maximum Gasteiger partial charge on any atom is 0.223 e. The molecular weight excluding hydrogens is 262 g/mol. The maximum absolute atomic E-state index is 12.4. The van der Waals surface area contributed by atoms with Crippen LogP contribution in [-0.2, 0) is 4.79 Å². The molecule has 0 bridgehead atoms. The minimum absolute atomic E-state index is 0.249. The van der Waals surface area contributed by atoms with Crippen LogP contribution >= 0.6 is 0 Å². The molecule has 3 aliphatic rings. The molecule has 0 aromatic heterocycles. The number of likely N-dealkylation sites (tertiary alicyclic amines) is 1. The molecule has 5 unspecified atom stereocenters. The number of carbonyl (C=O) groups is 1. The average molecular weight is 293 g/mol. The Hall–Kier alpha value is -0.610. The number of hydrogen-bond donors (Lipinski definition) is 2. The molecule has 3 rings (SSSR count). The van der Waals surface area contributed by atoms with E-state index in [1.54, 1.807) is 0 Å². The monoisotopic (exact) mass is 293 g/mol. The van der Waals surface area contributed by atoms with Gasteiger partial charge in [-0.15, -0.1) is 0 Å². The van der Waals surface area contributed by atoms with Crippen molar-refractivity contribution in [1.29, 1.82) is 0 Å². The molecule has 2 N–H and O–H groups in total. The van der Waals surface area contributed by atoms with E-state index in [4.69, 9.17) is 0 Å². The van der Waals surface area contributed by atoms with Crippen LogP contribution in [-0.4, -0.2) is 49.1 Å². The second kappa shape index (κ2) is 6.66. The Labute approximate surface area is 129 Å². The van der Waals surface area contributed by atoms with Crippen molar-refractivity contribution in [2.75, 3.05) is 26.2 Å². The number of amides is 1. The van der Waals surface area contributed by atoms with E-state index < -0.39 is 0 Å². The third-order valence-electron chi connectivity index (χ3n) is 6.14. The predicted octanol–water partition coefficient (Wildman–Crippen LogP) is 1.61. The fourth-order valence-corrected chi connectivity index (χ4v) is 4.58. The highest BCUT2D eigenvalue weighted by Crippen LogP contribution is 2.39. The largest absolute Gasteiger partial charge is 0.355 e. The molecule has 0 spiro atoms. The summed E-state index contributed by atoms with van der Waals surface area (Å²) in [6.07, 6.45) is 5.96. The van der Waals surface area contributed by atoms with E-state index in [0.29, 0.717) is 29.8 Å². The molecule has 5 atom stereocenters. The van der Waals surface area contributed by atoms with Gasteiger partial charge in [0, 0.05) is 31.1 Å². The molecule has 0 radical (unpaired) electrons.